The van der Waals surface area contributed by atoms with Crippen molar-refractivity contribution in [2.45, 2.75) is 19.5 Å². The Morgan fingerprint density at radius 3 is 2.63 bits per heavy atom. The SMILES string of the molecule is CCCNCC(=O)Nc1ccc(Br)c(C(F)(F)F)c1. The Morgan fingerprint density at radius 2 is 2.05 bits per heavy atom. The number of alkyl halides is 3. The van der Waals surface area contributed by atoms with Crippen molar-refractivity contribution in [2.75, 3.05) is 18.4 Å². The largest absolute Gasteiger partial charge is 0.417 e. The fourth-order valence-corrected chi connectivity index (χ4v) is 1.88. The van der Waals surface area contributed by atoms with E-state index in [1.807, 2.05) is 6.92 Å². The van der Waals surface area contributed by atoms with Gasteiger partial charge in [-0.1, -0.05) is 22.9 Å². The molecule has 0 unspecified atom stereocenters. The molecule has 1 rings (SSSR count). The van der Waals surface area contributed by atoms with Crippen molar-refractivity contribution in [1.29, 1.82) is 0 Å². The molecule has 0 saturated carbocycles. The molecule has 0 aromatic heterocycles. The molecule has 19 heavy (non-hydrogen) atoms. The summed E-state index contributed by atoms with van der Waals surface area (Å²) in [7, 11) is 0. The van der Waals surface area contributed by atoms with E-state index in [0.29, 0.717) is 6.54 Å². The molecular formula is C12H14BrF3N2O. The maximum atomic E-state index is 12.7. The molecular weight excluding hydrogens is 325 g/mol. The average Bonchev–Trinajstić information content (AvgIpc) is 2.30. The summed E-state index contributed by atoms with van der Waals surface area (Å²) in [6.45, 7) is 2.71. The van der Waals surface area contributed by atoms with E-state index in [2.05, 4.69) is 26.6 Å². The molecule has 0 atom stereocenters. The van der Waals surface area contributed by atoms with Crippen LogP contribution in [0.4, 0.5) is 18.9 Å². The van der Waals surface area contributed by atoms with Crippen molar-refractivity contribution in [3.05, 3.63) is 28.2 Å². The molecule has 0 aliphatic carbocycles. The van der Waals surface area contributed by atoms with E-state index in [1.54, 1.807) is 0 Å². The summed E-state index contributed by atoms with van der Waals surface area (Å²) in [6, 6.07) is 3.58. The van der Waals surface area contributed by atoms with Crippen molar-refractivity contribution < 1.29 is 18.0 Å². The molecule has 0 radical (unpaired) electrons. The number of halogens is 4. The minimum absolute atomic E-state index is 0.0536. The van der Waals surface area contributed by atoms with E-state index < -0.39 is 11.7 Å². The van der Waals surface area contributed by atoms with Gasteiger partial charge in [-0.3, -0.25) is 4.79 Å². The highest BCUT2D eigenvalue weighted by molar-refractivity contribution is 9.10. The number of carbonyl (C=O) groups excluding carboxylic acids is 1. The molecule has 2 N–H and O–H groups in total. The standard InChI is InChI=1S/C12H14BrF3N2O/c1-2-5-17-7-11(19)18-8-3-4-10(13)9(6-8)12(14,15)16/h3-4,6,17H,2,5,7H2,1H3,(H,18,19). The van der Waals surface area contributed by atoms with Crippen molar-refractivity contribution in [1.82, 2.24) is 5.32 Å². The smallest absolute Gasteiger partial charge is 0.325 e. The second kappa shape index (κ2) is 6.91. The van der Waals surface area contributed by atoms with E-state index in [1.165, 1.54) is 12.1 Å². The van der Waals surface area contributed by atoms with Crippen LogP contribution in [0.5, 0.6) is 0 Å². The Hall–Kier alpha value is -1.08. The highest BCUT2D eigenvalue weighted by Gasteiger charge is 2.33. The van der Waals surface area contributed by atoms with E-state index >= 15 is 0 Å². The molecule has 1 aromatic carbocycles. The van der Waals surface area contributed by atoms with Crippen molar-refractivity contribution in [3.8, 4) is 0 Å². The summed E-state index contributed by atoms with van der Waals surface area (Å²) in [6.07, 6.45) is -3.58. The summed E-state index contributed by atoms with van der Waals surface area (Å²) in [4.78, 5) is 11.5. The van der Waals surface area contributed by atoms with Crippen LogP contribution < -0.4 is 10.6 Å². The first-order chi connectivity index (χ1) is 8.84. The number of benzene rings is 1. The molecule has 106 valence electrons. The number of hydrogen-bond donors (Lipinski definition) is 2. The molecule has 0 bridgehead atoms. The molecule has 1 aromatic rings. The molecule has 0 spiro atoms. The van der Waals surface area contributed by atoms with Gasteiger partial charge in [0, 0.05) is 10.2 Å². The first kappa shape index (κ1) is 16.0. The zero-order valence-corrected chi connectivity index (χ0v) is 11.9. The second-order valence-electron chi connectivity index (χ2n) is 3.92. The highest BCUT2D eigenvalue weighted by Crippen LogP contribution is 2.36. The van der Waals surface area contributed by atoms with Gasteiger partial charge in [0.1, 0.15) is 0 Å². The number of anilines is 1. The molecule has 0 aliphatic rings. The second-order valence-corrected chi connectivity index (χ2v) is 4.77. The number of amides is 1. The number of rotatable bonds is 5. The first-order valence-electron chi connectivity index (χ1n) is 5.72. The summed E-state index contributed by atoms with van der Waals surface area (Å²) in [5.74, 6) is -0.371. The summed E-state index contributed by atoms with van der Waals surface area (Å²) < 4.78 is 37.9. The Kier molecular flexibility index (Phi) is 5.81. The van der Waals surface area contributed by atoms with Crippen LogP contribution in [0.3, 0.4) is 0 Å². The van der Waals surface area contributed by atoms with E-state index in [9.17, 15) is 18.0 Å². The van der Waals surface area contributed by atoms with Crippen LogP contribution in [-0.4, -0.2) is 19.0 Å². The predicted octanol–water partition coefficient (Wildman–Crippen LogP) is 3.41. The molecule has 0 fully saturated rings. The first-order valence-corrected chi connectivity index (χ1v) is 6.51. The molecule has 0 aliphatic heterocycles. The van der Waals surface area contributed by atoms with Gasteiger partial charge in [-0.25, -0.2) is 0 Å². The van der Waals surface area contributed by atoms with E-state index in [0.717, 1.165) is 12.5 Å². The van der Waals surface area contributed by atoms with Gasteiger partial charge in [0.2, 0.25) is 5.91 Å². The Morgan fingerprint density at radius 1 is 1.37 bits per heavy atom. The zero-order chi connectivity index (χ0) is 14.5. The Bertz CT molecular complexity index is 449. The minimum atomic E-state index is -4.46. The lowest BCUT2D eigenvalue weighted by atomic mass is 10.2. The van der Waals surface area contributed by atoms with Gasteiger partial charge >= 0.3 is 6.18 Å². The number of carbonyl (C=O) groups is 1. The fraction of sp³-hybridized carbons (Fsp3) is 0.417. The quantitative estimate of drug-likeness (QED) is 0.808. The van der Waals surface area contributed by atoms with Crippen molar-refractivity contribution >= 4 is 27.5 Å². The lowest BCUT2D eigenvalue weighted by Crippen LogP contribution is -2.28. The highest BCUT2D eigenvalue weighted by atomic mass is 79.9. The van der Waals surface area contributed by atoms with E-state index in [4.69, 9.17) is 0 Å². The lowest BCUT2D eigenvalue weighted by molar-refractivity contribution is -0.138. The number of hydrogen-bond acceptors (Lipinski definition) is 2. The van der Waals surface area contributed by atoms with Gasteiger partial charge in [-0.05, 0) is 31.2 Å². The van der Waals surface area contributed by atoms with Gasteiger partial charge in [0.25, 0.3) is 0 Å². The average molecular weight is 339 g/mol. The third-order valence-electron chi connectivity index (χ3n) is 2.27. The summed E-state index contributed by atoms with van der Waals surface area (Å²) >= 11 is 2.84. The maximum Gasteiger partial charge on any atom is 0.417 e. The van der Waals surface area contributed by atoms with Gasteiger partial charge in [0.05, 0.1) is 12.1 Å². The maximum absolute atomic E-state index is 12.7. The van der Waals surface area contributed by atoms with Crippen LogP contribution in [0.1, 0.15) is 18.9 Å². The lowest BCUT2D eigenvalue weighted by Gasteiger charge is -2.12. The molecule has 0 saturated heterocycles. The van der Waals surface area contributed by atoms with E-state index in [-0.39, 0.29) is 22.6 Å². The van der Waals surface area contributed by atoms with Gasteiger partial charge in [-0.15, -0.1) is 0 Å². The fourth-order valence-electron chi connectivity index (χ4n) is 1.40. The molecule has 0 heterocycles. The number of nitrogens with one attached hydrogen (secondary N) is 2. The van der Waals surface area contributed by atoms with Gasteiger partial charge < -0.3 is 10.6 Å². The molecule has 7 heteroatoms. The van der Waals surface area contributed by atoms with Crippen molar-refractivity contribution in [2.24, 2.45) is 0 Å². The summed E-state index contributed by atoms with van der Waals surface area (Å²) in [5, 5.41) is 5.29. The van der Waals surface area contributed by atoms with Gasteiger partial charge in [-0.2, -0.15) is 13.2 Å². The monoisotopic (exact) mass is 338 g/mol. The Labute approximate surface area is 117 Å². The topological polar surface area (TPSA) is 41.1 Å². The zero-order valence-electron chi connectivity index (χ0n) is 10.3. The molecule has 3 nitrogen and oxygen atoms in total. The van der Waals surface area contributed by atoms with Crippen LogP contribution in [-0.2, 0) is 11.0 Å². The van der Waals surface area contributed by atoms with Crippen LogP contribution in [0.15, 0.2) is 22.7 Å². The summed E-state index contributed by atoms with van der Waals surface area (Å²) in [5.41, 5.74) is -0.689. The van der Waals surface area contributed by atoms with Crippen molar-refractivity contribution in [3.63, 3.8) is 0 Å². The minimum Gasteiger partial charge on any atom is -0.325 e. The van der Waals surface area contributed by atoms with Crippen LogP contribution >= 0.6 is 15.9 Å². The van der Waals surface area contributed by atoms with Gasteiger partial charge in [0.15, 0.2) is 0 Å². The normalized spacial score (nSPS) is 11.4. The Balaban J connectivity index is 2.72. The van der Waals surface area contributed by atoms with Crippen LogP contribution in [0.25, 0.3) is 0 Å². The van der Waals surface area contributed by atoms with Crippen LogP contribution in [0.2, 0.25) is 0 Å². The van der Waals surface area contributed by atoms with Crippen LogP contribution in [0, 0.1) is 0 Å². The third-order valence-corrected chi connectivity index (χ3v) is 2.96. The third kappa shape index (κ3) is 5.20. The predicted molar refractivity (Wildman–Crippen MR) is 70.9 cm³/mol. The molecule has 1 amide bonds.